The SMILES string of the molecule is Fc1c(F)c(F)c([Si](O[p+]2npnpn2)(c2ccccc2)c2ccccc2)c(F)c1F. The number of benzene rings is 3. The van der Waals surface area contributed by atoms with Crippen LogP contribution in [0.2, 0.25) is 0 Å². The highest BCUT2D eigenvalue weighted by atomic mass is 31.2. The van der Waals surface area contributed by atoms with Crippen molar-refractivity contribution in [1.29, 1.82) is 0 Å². The first-order valence-electron chi connectivity index (χ1n) is 8.60. The molecule has 4 nitrogen and oxygen atoms in total. The number of hydrogen-bond donors (Lipinski definition) is 0. The molecule has 31 heavy (non-hydrogen) atoms. The van der Waals surface area contributed by atoms with E-state index in [4.69, 9.17) is 4.21 Å². The van der Waals surface area contributed by atoms with Gasteiger partial charge in [0.1, 0.15) is 0 Å². The van der Waals surface area contributed by atoms with Crippen molar-refractivity contribution in [2.45, 2.75) is 0 Å². The number of aromatic nitrogens is 3. The first-order chi connectivity index (χ1) is 15.0. The molecule has 3 aromatic carbocycles. The van der Waals surface area contributed by atoms with Crippen LogP contribution in [0.1, 0.15) is 0 Å². The molecule has 4 rings (SSSR count). The van der Waals surface area contributed by atoms with Crippen molar-refractivity contribution in [3.05, 3.63) is 89.7 Å². The summed E-state index contributed by atoms with van der Waals surface area (Å²) in [7, 11) is -5.63. The van der Waals surface area contributed by atoms with Gasteiger partial charge in [-0.25, -0.2) is 22.0 Å². The van der Waals surface area contributed by atoms with E-state index in [0.29, 0.717) is 17.0 Å². The molecule has 0 N–H and O–H groups in total. The lowest BCUT2D eigenvalue weighted by atomic mass is 10.3. The zero-order valence-corrected chi connectivity index (χ0v) is 18.9. The van der Waals surface area contributed by atoms with Crippen LogP contribution in [0, 0.1) is 29.1 Å². The second kappa shape index (κ2) is 9.11. The fraction of sp³-hybridized carbons (Fsp3) is 0. The van der Waals surface area contributed by atoms with Crippen LogP contribution < -0.4 is 19.8 Å². The summed E-state index contributed by atoms with van der Waals surface area (Å²) < 4.78 is 91.1. The molecule has 0 aliphatic carbocycles. The quantitative estimate of drug-likeness (QED) is 0.136. The van der Waals surface area contributed by atoms with Crippen LogP contribution in [0.3, 0.4) is 0 Å². The Hall–Kier alpha value is -2.21. The average Bonchev–Trinajstić information content (AvgIpc) is 2.82. The summed E-state index contributed by atoms with van der Waals surface area (Å²) in [6, 6.07) is 15.9. The minimum absolute atomic E-state index is 0.285. The highest BCUT2D eigenvalue weighted by Crippen LogP contribution is 2.26. The Bertz CT molecular complexity index is 1160. The molecule has 0 saturated carbocycles. The Morgan fingerprint density at radius 3 is 1.52 bits per heavy atom. The molecular weight excluding hydrogens is 490 g/mol. The van der Waals surface area contributed by atoms with E-state index in [-0.39, 0.29) is 10.4 Å². The monoisotopic (exact) mass is 500 g/mol. The molecule has 1 aromatic heterocycles. The Kier molecular flexibility index (Phi) is 6.46. The molecule has 13 heteroatoms. The van der Waals surface area contributed by atoms with E-state index in [2.05, 4.69) is 13.5 Å². The third-order valence-corrected chi connectivity index (χ3v) is 12.1. The zero-order valence-electron chi connectivity index (χ0n) is 15.3. The van der Waals surface area contributed by atoms with Gasteiger partial charge in [0.2, 0.25) is 5.82 Å². The van der Waals surface area contributed by atoms with E-state index in [1.165, 1.54) is 24.3 Å². The predicted octanol–water partition coefficient (Wildman–Crippen LogP) is 4.09. The van der Waals surface area contributed by atoms with Crippen LogP contribution in [-0.4, -0.2) is 21.8 Å². The fourth-order valence-electron chi connectivity index (χ4n) is 3.17. The van der Waals surface area contributed by atoms with Crippen molar-refractivity contribution >= 4 is 49.0 Å². The molecular formula is C18H10F5N3OP3Si+. The molecule has 0 amide bonds. The van der Waals surface area contributed by atoms with Gasteiger partial charge in [-0.1, -0.05) is 60.7 Å². The molecule has 0 aliphatic heterocycles. The topological polar surface area (TPSA) is 47.9 Å². The van der Waals surface area contributed by atoms with Gasteiger partial charge in [-0.05, 0) is 23.9 Å². The minimum atomic E-state index is -4.29. The molecule has 156 valence electrons. The van der Waals surface area contributed by atoms with Crippen molar-refractivity contribution in [2.75, 3.05) is 0 Å². The fourth-order valence-corrected chi connectivity index (χ4v) is 11.5. The summed E-state index contributed by atoms with van der Waals surface area (Å²) in [6.07, 6.45) is 0. The van der Waals surface area contributed by atoms with Crippen LogP contribution in [0.25, 0.3) is 0 Å². The third-order valence-electron chi connectivity index (χ3n) is 4.45. The maximum Gasteiger partial charge on any atom is 0.348 e. The second-order valence-corrected chi connectivity index (χ2v) is 12.9. The van der Waals surface area contributed by atoms with Crippen molar-refractivity contribution in [2.24, 2.45) is 0 Å². The smallest absolute Gasteiger partial charge is 0.273 e. The van der Waals surface area contributed by atoms with E-state index in [1.807, 2.05) is 0 Å². The summed E-state index contributed by atoms with van der Waals surface area (Å²) in [4.78, 5) is 0. The van der Waals surface area contributed by atoms with Crippen LogP contribution in [-0.2, 0) is 0 Å². The van der Waals surface area contributed by atoms with Crippen molar-refractivity contribution in [1.82, 2.24) is 13.5 Å². The Morgan fingerprint density at radius 2 is 1.06 bits per heavy atom. The van der Waals surface area contributed by atoms with Crippen LogP contribution in [0.5, 0.6) is 0 Å². The molecule has 0 unspecified atom stereocenters. The normalized spacial score (nSPS) is 12.6. The molecule has 0 atom stereocenters. The Labute approximate surface area is 178 Å². The van der Waals surface area contributed by atoms with Gasteiger partial charge in [0, 0.05) is 0 Å². The highest BCUT2D eigenvalue weighted by Gasteiger charge is 2.51. The number of hydrogen-bond acceptors (Lipinski definition) is 4. The minimum Gasteiger partial charge on any atom is -0.273 e. The van der Waals surface area contributed by atoms with E-state index >= 15 is 8.78 Å². The third kappa shape index (κ3) is 3.91. The number of nitrogens with zero attached hydrogens (tertiary/aromatic N) is 3. The van der Waals surface area contributed by atoms with E-state index in [9.17, 15) is 13.2 Å². The molecule has 1 heterocycles. The molecule has 0 fully saturated rings. The first-order valence-corrected chi connectivity index (χ1v) is 13.3. The van der Waals surface area contributed by atoms with Crippen LogP contribution in [0.4, 0.5) is 22.0 Å². The van der Waals surface area contributed by atoms with Gasteiger partial charge < -0.3 is 0 Å². The summed E-state index contributed by atoms with van der Waals surface area (Å²) in [5.41, 5.74) is 0. The van der Waals surface area contributed by atoms with Gasteiger partial charge in [-0.15, -0.1) is 0 Å². The summed E-state index contributed by atoms with van der Waals surface area (Å²) in [5, 5.41) is -0.425. The van der Waals surface area contributed by atoms with Gasteiger partial charge >= 0.3 is 33.4 Å². The molecule has 4 aromatic rings. The zero-order chi connectivity index (χ0) is 22.0. The second-order valence-electron chi connectivity index (χ2n) is 6.15. The standard InChI is InChI=1S/C18H10F5N3OP3Si/c19-13-14(20)16(22)18(17(23)15(13)21)31(11-7-3-1-4-8-11,12-9-5-2-6-10-12)27-30-25-28-24-29-26-30/h1-10H/q+1. The lowest BCUT2D eigenvalue weighted by Gasteiger charge is -2.30. The molecule has 0 bridgehead atoms. The molecule has 0 spiro atoms. The van der Waals surface area contributed by atoms with Gasteiger partial charge in [0.05, 0.1) is 5.19 Å². The van der Waals surface area contributed by atoms with Gasteiger partial charge in [-0.2, -0.15) is 0 Å². The maximum atomic E-state index is 15.2. The first kappa shape index (κ1) is 22.0. The lowest BCUT2D eigenvalue weighted by Crippen LogP contribution is -2.73. The van der Waals surface area contributed by atoms with Gasteiger partial charge in [0.15, 0.2) is 23.3 Å². The molecule has 0 radical (unpaired) electrons. The molecule has 0 aliphatic rings. The summed E-state index contributed by atoms with van der Waals surface area (Å²) in [5.74, 6) is -10.1. The van der Waals surface area contributed by atoms with Crippen molar-refractivity contribution < 1.29 is 26.2 Å². The van der Waals surface area contributed by atoms with Crippen molar-refractivity contribution in [3.63, 3.8) is 0 Å². The lowest BCUT2D eigenvalue weighted by molar-refractivity contribution is 0.383. The largest absolute Gasteiger partial charge is 0.348 e. The summed E-state index contributed by atoms with van der Waals surface area (Å²) in [6.45, 7) is 0. The van der Waals surface area contributed by atoms with Crippen LogP contribution in [0.15, 0.2) is 60.7 Å². The predicted molar refractivity (Wildman–Crippen MR) is 112 cm³/mol. The molecule has 0 saturated heterocycles. The number of rotatable bonds is 5. The Morgan fingerprint density at radius 1 is 0.645 bits per heavy atom. The van der Waals surface area contributed by atoms with Crippen LogP contribution >= 0.6 is 25.1 Å². The average molecular weight is 500 g/mol. The van der Waals surface area contributed by atoms with E-state index < -0.39 is 50.7 Å². The van der Waals surface area contributed by atoms with Gasteiger partial charge in [-0.3, -0.25) is 4.21 Å². The van der Waals surface area contributed by atoms with E-state index in [0.717, 1.165) is 0 Å². The maximum absolute atomic E-state index is 15.2. The van der Waals surface area contributed by atoms with E-state index in [1.54, 1.807) is 36.4 Å². The summed E-state index contributed by atoms with van der Waals surface area (Å²) >= 11 is 0. The number of halogens is 5. The van der Waals surface area contributed by atoms with Gasteiger partial charge in [0.25, 0.3) is 0 Å². The Balaban J connectivity index is 2.16. The van der Waals surface area contributed by atoms with Crippen molar-refractivity contribution in [3.8, 4) is 0 Å². The highest BCUT2D eigenvalue weighted by molar-refractivity contribution is 7.52.